The minimum atomic E-state index is -0.647. The van der Waals surface area contributed by atoms with Crippen molar-refractivity contribution in [3.8, 4) is 0 Å². The number of fused-ring (bicyclic) bond motifs is 1. The van der Waals surface area contributed by atoms with Crippen LogP contribution in [0.25, 0.3) is 0 Å². The van der Waals surface area contributed by atoms with Gasteiger partial charge in [0.05, 0.1) is 5.92 Å². The van der Waals surface area contributed by atoms with E-state index in [2.05, 4.69) is 16.7 Å². The molecular formula is C21H27N3O3. The Hall–Kier alpha value is -2.37. The summed E-state index contributed by atoms with van der Waals surface area (Å²) in [6.07, 6.45) is 6.97. The van der Waals surface area contributed by atoms with Crippen LogP contribution in [0, 0.1) is 0 Å². The second-order valence-corrected chi connectivity index (χ2v) is 7.96. The molecule has 144 valence electrons. The molecule has 1 saturated carbocycles. The third kappa shape index (κ3) is 3.33. The fourth-order valence-electron chi connectivity index (χ4n) is 4.79. The third-order valence-corrected chi connectivity index (χ3v) is 6.25. The summed E-state index contributed by atoms with van der Waals surface area (Å²) in [6, 6.07) is 7.88. The lowest BCUT2D eigenvalue weighted by Gasteiger charge is -2.24. The maximum atomic E-state index is 12.6. The molecular weight excluding hydrogens is 342 g/mol. The second kappa shape index (κ2) is 7.33. The van der Waals surface area contributed by atoms with Gasteiger partial charge in [0.25, 0.3) is 5.91 Å². The monoisotopic (exact) mass is 369 g/mol. The number of urea groups is 1. The van der Waals surface area contributed by atoms with E-state index in [4.69, 9.17) is 0 Å². The molecule has 4 rings (SSSR count). The molecule has 1 saturated heterocycles. The SMILES string of the molecule is O=C(NCCCN1C(=O)NC2(CCCC2)C1=O)C1CCCc2ccccc21. The number of hydrogen-bond acceptors (Lipinski definition) is 3. The lowest BCUT2D eigenvalue weighted by Crippen LogP contribution is -2.44. The summed E-state index contributed by atoms with van der Waals surface area (Å²) in [5.41, 5.74) is 1.76. The molecule has 2 fully saturated rings. The lowest BCUT2D eigenvalue weighted by atomic mass is 9.82. The van der Waals surface area contributed by atoms with Gasteiger partial charge in [-0.05, 0) is 49.7 Å². The molecule has 1 spiro atoms. The molecule has 1 aliphatic heterocycles. The molecule has 1 aromatic carbocycles. The van der Waals surface area contributed by atoms with Gasteiger partial charge in [-0.25, -0.2) is 4.79 Å². The van der Waals surface area contributed by atoms with Crippen molar-refractivity contribution in [2.24, 2.45) is 0 Å². The molecule has 2 N–H and O–H groups in total. The highest BCUT2D eigenvalue weighted by molar-refractivity contribution is 6.07. The average molecular weight is 369 g/mol. The number of aryl methyl sites for hydroxylation is 1. The third-order valence-electron chi connectivity index (χ3n) is 6.25. The summed E-state index contributed by atoms with van der Waals surface area (Å²) < 4.78 is 0. The van der Waals surface area contributed by atoms with Crippen molar-refractivity contribution in [2.45, 2.75) is 62.8 Å². The van der Waals surface area contributed by atoms with Crippen LogP contribution < -0.4 is 10.6 Å². The first kappa shape index (κ1) is 18.0. The maximum Gasteiger partial charge on any atom is 0.325 e. The van der Waals surface area contributed by atoms with E-state index in [1.807, 2.05) is 18.2 Å². The molecule has 0 bridgehead atoms. The van der Waals surface area contributed by atoms with E-state index >= 15 is 0 Å². The van der Waals surface area contributed by atoms with Crippen molar-refractivity contribution in [3.05, 3.63) is 35.4 Å². The van der Waals surface area contributed by atoms with Gasteiger partial charge in [-0.3, -0.25) is 14.5 Å². The quantitative estimate of drug-likeness (QED) is 0.618. The topological polar surface area (TPSA) is 78.5 Å². The van der Waals surface area contributed by atoms with Crippen molar-refractivity contribution in [1.29, 1.82) is 0 Å². The van der Waals surface area contributed by atoms with E-state index in [1.54, 1.807) is 0 Å². The molecule has 6 nitrogen and oxygen atoms in total. The lowest BCUT2D eigenvalue weighted by molar-refractivity contribution is -0.131. The van der Waals surface area contributed by atoms with Crippen molar-refractivity contribution in [3.63, 3.8) is 0 Å². The number of amides is 4. The van der Waals surface area contributed by atoms with Crippen molar-refractivity contribution >= 4 is 17.8 Å². The minimum absolute atomic E-state index is 0.0478. The van der Waals surface area contributed by atoms with Crippen molar-refractivity contribution in [2.75, 3.05) is 13.1 Å². The number of benzene rings is 1. The van der Waals surface area contributed by atoms with Gasteiger partial charge >= 0.3 is 6.03 Å². The number of carbonyl (C=O) groups excluding carboxylic acids is 3. The van der Waals surface area contributed by atoms with Crippen molar-refractivity contribution < 1.29 is 14.4 Å². The zero-order chi connectivity index (χ0) is 18.9. The Balaban J connectivity index is 1.28. The molecule has 1 unspecified atom stereocenters. The van der Waals surface area contributed by atoms with E-state index < -0.39 is 5.54 Å². The van der Waals surface area contributed by atoms with Crippen molar-refractivity contribution in [1.82, 2.24) is 15.5 Å². The number of nitrogens with zero attached hydrogens (tertiary/aromatic N) is 1. The summed E-state index contributed by atoms with van der Waals surface area (Å²) >= 11 is 0. The molecule has 27 heavy (non-hydrogen) atoms. The predicted octanol–water partition coefficient (Wildman–Crippen LogP) is 2.48. The molecule has 0 aromatic heterocycles. The average Bonchev–Trinajstić information content (AvgIpc) is 3.24. The number of hydrogen-bond donors (Lipinski definition) is 2. The summed E-state index contributed by atoms with van der Waals surface area (Å²) in [7, 11) is 0. The Bertz CT molecular complexity index is 755. The molecule has 2 aliphatic carbocycles. The Kier molecular flexibility index (Phi) is 4.89. The fraction of sp³-hybridized carbons (Fsp3) is 0.571. The van der Waals surface area contributed by atoms with E-state index in [9.17, 15) is 14.4 Å². The van der Waals surface area contributed by atoms with Gasteiger partial charge in [0.1, 0.15) is 5.54 Å². The number of nitrogens with one attached hydrogen (secondary N) is 2. The zero-order valence-electron chi connectivity index (χ0n) is 15.6. The minimum Gasteiger partial charge on any atom is -0.356 e. The Labute approximate surface area is 159 Å². The summed E-state index contributed by atoms with van der Waals surface area (Å²) in [6.45, 7) is 0.829. The smallest absolute Gasteiger partial charge is 0.325 e. The predicted molar refractivity (Wildman–Crippen MR) is 101 cm³/mol. The summed E-state index contributed by atoms with van der Waals surface area (Å²) in [5.74, 6) is -0.127. The van der Waals surface area contributed by atoms with Crippen LogP contribution in [0.1, 0.15) is 62.0 Å². The van der Waals surface area contributed by atoms with Gasteiger partial charge in [-0.2, -0.15) is 0 Å². The van der Waals surface area contributed by atoms with Crippen LogP contribution in [0.3, 0.4) is 0 Å². The standard InChI is InChI=1S/C21H27N3O3/c25-18(17-10-5-8-15-7-1-2-9-16(15)17)22-13-6-14-24-19(26)21(23-20(24)27)11-3-4-12-21/h1-2,7,9,17H,3-6,8,10-14H2,(H,22,25)(H,23,27). The van der Waals surface area contributed by atoms with Crippen LogP contribution in [-0.2, 0) is 16.0 Å². The summed E-state index contributed by atoms with van der Waals surface area (Å²) in [4.78, 5) is 38.7. The van der Waals surface area contributed by atoms with E-state index in [1.165, 1.54) is 10.5 Å². The second-order valence-electron chi connectivity index (χ2n) is 7.96. The van der Waals surface area contributed by atoms with Crippen LogP contribution in [0.2, 0.25) is 0 Å². The maximum absolute atomic E-state index is 12.6. The van der Waals surface area contributed by atoms with Gasteiger partial charge in [0.15, 0.2) is 0 Å². The van der Waals surface area contributed by atoms with Crippen LogP contribution in [-0.4, -0.2) is 41.4 Å². The normalized spacial score (nSPS) is 23.4. The molecule has 1 atom stereocenters. The number of rotatable bonds is 5. The van der Waals surface area contributed by atoms with Crippen LogP contribution in [0.15, 0.2) is 24.3 Å². The Morgan fingerprint density at radius 1 is 1.19 bits per heavy atom. The highest BCUT2D eigenvalue weighted by atomic mass is 16.2. The van der Waals surface area contributed by atoms with Gasteiger partial charge in [0.2, 0.25) is 5.91 Å². The van der Waals surface area contributed by atoms with Crippen LogP contribution >= 0.6 is 0 Å². The molecule has 1 heterocycles. The Morgan fingerprint density at radius 3 is 2.78 bits per heavy atom. The molecule has 0 radical (unpaired) electrons. The first-order chi connectivity index (χ1) is 13.1. The van der Waals surface area contributed by atoms with Crippen LogP contribution in [0.5, 0.6) is 0 Å². The molecule has 1 aromatic rings. The molecule has 6 heteroatoms. The fourth-order valence-corrected chi connectivity index (χ4v) is 4.79. The highest BCUT2D eigenvalue weighted by Gasteiger charge is 2.51. The first-order valence-corrected chi connectivity index (χ1v) is 10.1. The van der Waals surface area contributed by atoms with E-state index in [0.29, 0.717) is 19.5 Å². The Morgan fingerprint density at radius 2 is 1.96 bits per heavy atom. The van der Waals surface area contributed by atoms with E-state index in [0.717, 1.165) is 50.5 Å². The molecule has 4 amide bonds. The van der Waals surface area contributed by atoms with Gasteiger partial charge < -0.3 is 10.6 Å². The highest BCUT2D eigenvalue weighted by Crippen LogP contribution is 2.35. The van der Waals surface area contributed by atoms with Crippen LogP contribution in [0.4, 0.5) is 4.79 Å². The largest absolute Gasteiger partial charge is 0.356 e. The van der Waals surface area contributed by atoms with Gasteiger partial charge in [-0.15, -0.1) is 0 Å². The molecule has 3 aliphatic rings. The first-order valence-electron chi connectivity index (χ1n) is 10.1. The zero-order valence-corrected chi connectivity index (χ0v) is 15.6. The van der Waals surface area contributed by atoms with Gasteiger partial charge in [0, 0.05) is 13.1 Å². The number of carbonyl (C=O) groups is 3. The summed E-state index contributed by atoms with van der Waals surface area (Å²) in [5, 5.41) is 5.89. The number of imide groups is 1. The van der Waals surface area contributed by atoms with E-state index in [-0.39, 0.29) is 23.8 Å². The van der Waals surface area contributed by atoms with Gasteiger partial charge in [-0.1, -0.05) is 37.1 Å².